The van der Waals surface area contributed by atoms with Crippen LogP contribution >= 0.6 is 0 Å². The van der Waals surface area contributed by atoms with Gasteiger partial charge in [-0.15, -0.1) is 0 Å². The van der Waals surface area contributed by atoms with Crippen LogP contribution in [0.4, 0.5) is 0 Å². The monoisotopic (exact) mass is 277 g/mol. The molecule has 4 heteroatoms. The van der Waals surface area contributed by atoms with E-state index in [-0.39, 0.29) is 12.5 Å². The van der Waals surface area contributed by atoms with Crippen LogP contribution in [0.25, 0.3) is 0 Å². The Morgan fingerprint density at radius 3 is 2.40 bits per heavy atom. The molecule has 0 saturated heterocycles. The Bertz CT molecular complexity index is 453. The van der Waals surface area contributed by atoms with E-state index in [0.717, 1.165) is 12.8 Å². The van der Waals surface area contributed by atoms with Crippen LogP contribution in [0, 0.1) is 12.8 Å². The van der Waals surface area contributed by atoms with E-state index in [2.05, 4.69) is 24.3 Å². The standard InChI is InChI=1S/C16H23NO3/c1-12-7-9-14(10-8-12)5-4-6-15(18)17(3)11-13(2)16(19)20/h7-10,13H,4-6,11H2,1-3H3,(H,19,20). The van der Waals surface area contributed by atoms with Crippen LogP contribution in [0.1, 0.15) is 30.9 Å². The summed E-state index contributed by atoms with van der Waals surface area (Å²) in [6, 6.07) is 8.29. The quantitative estimate of drug-likeness (QED) is 0.833. The van der Waals surface area contributed by atoms with Crippen molar-refractivity contribution in [3.05, 3.63) is 35.4 Å². The number of amides is 1. The van der Waals surface area contributed by atoms with Crippen LogP contribution in [-0.2, 0) is 16.0 Å². The topological polar surface area (TPSA) is 57.6 Å². The number of hydrogen-bond acceptors (Lipinski definition) is 2. The fourth-order valence-corrected chi connectivity index (χ4v) is 1.98. The number of carboxylic acid groups (broad SMARTS) is 1. The lowest BCUT2D eigenvalue weighted by Gasteiger charge is -2.19. The summed E-state index contributed by atoms with van der Waals surface area (Å²) in [4.78, 5) is 24.1. The summed E-state index contributed by atoms with van der Waals surface area (Å²) < 4.78 is 0. The number of carbonyl (C=O) groups excluding carboxylic acids is 1. The smallest absolute Gasteiger partial charge is 0.308 e. The summed E-state index contributed by atoms with van der Waals surface area (Å²) in [5, 5.41) is 8.82. The lowest BCUT2D eigenvalue weighted by molar-refractivity contribution is -0.142. The largest absolute Gasteiger partial charge is 0.481 e. The molecule has 0 aliphatic heterocycles. The summed E-state index contributed by atoms with van der Waals surface area (Å²) in [6.45, 7) is 3.92. The van der Waals surface area contributed by atoms with Crippen molar-refractivity contribution in [3.8, 4) is 0 Å². The first kappa shape index (κ1) is 16.2. The number of hydrogen-bond donors (Lipinski definition) is 1. The lowest BCUT2D eigenvalue weighted by Crippen LogP contribution is -2.33. The molecule has 1 aromatic rings. The Balaban J connectivity index is 2.32. The second kappa shape index (κ2) is 7.68. The molecule has 0 heterocycles. The molecule has 1 unspecified atom stereocenters. The maximum atomic E-state index is 11.9. The minimum Gasteiger partial charge on any atom is -0.481 e. The SMILES string of the molecule is Cc1ccc(CCCC(=O)N(C)CC(C)C(=O)O)cc1. The van der Waals surface area contributed by atoms with Gasteiger partial charge in [0.15, 0.2) is 0 Å². The van der Waals surface area contributed by atoms with E-state index in [1.54, 1.807) is 14.0 Å². The van der Waals surface area contributed by atoms with Gasteiger partial charge in [-0.2, -0.15) is 0 Å². The molecular formula is C16H23NO3. The molecule has 1 N–H and O–H groups in total. The highest BCUT2D eigenvalue weighted by Gasteiger charge is 2.16. The first-order valence-corrected chi connectivity index (χ1v) is 6.92. The van der Waals surface area contributed by atoms with Crippen LogP contribution in [0.15, 0.2) is 24.3 Å². The van der Waals surface area contributed by atoms with Crippen molar-refractivity contribution in [2.45, 2.75) is 33.1 Å². The van der Waals surface area contributed by atoms with Crippen molar-refractivity contribution in [2.75, 3.05) is 13.6 Å². The minimum absolute atomic E-state index is 0.00483. The molecule has 0 aliphatic rings. The van der Waals surface area contributed by atoms with Crippen LogP contribution < -0.4 is 0 Å². The average Bonchev–Trinajstić information content (AvgIpc) is 2.40. The third-order valence-corrected chi connectivity index (χ3v) is 3.37. The molecule has 4 nitrogen and oxygen atoms in total. The zero-order chi connectivity index (χ0) is 15.1. The van der Waals surface area contributed by atoms with Crippen molar-refractivity contribution >= 4 is 11.9 Å². The van der Waals surface area contributed by atoms with Gasteiger partial charge in [0, 0.05) is 20.0 Å². The second-order valence-electron chi connectivity index (χ2n) is 5.35. The average molecular weight is 277 g/mol. The highest BCUT2D eigenvalue weighted by molar-refractivity contribution is 5.77. The first-order chi connectivity index (χ1) is 9.40. The van der Waals surface area contributed by atoms with E-state index in [4.69, 9.17) is 5.11 Å². The van der Waals surface area contributed by atoms with Crippen LogP contribution in [0.2, 0.25) is 0 Å². The molecule has 0 aromatic heterocycles. The molecule has 0 fully saturated rings. The summed E-state index contributed by atoms with van der Waals surface area (Å²) in [6.07, 6.45) is 2.11. The Labute approximate surface area is 120 Å². The molecule has 1 aromatic carbocycles. The van der Waals surface area contributed by atoms with Crippen molar-refractivity contribution in [1.29, 1.82) is 0 Å². The predicted octanol–water partition coefficient (Wildman–Crippen LogP) is 2.50. The van der Waals surface area contributed by atoms with Gasteiger partial charge >= 0.3 is 5.97 Å². The number of carbonyl (C=O) groups is 2. The molecule has 110 valence electrons. The summed E-state index contributed by atoms with van der Waals surface area (Å²) in [7, 11) is 1.66. The Hall–Kier alpha value is -1.84. The Kier molecular flexibility index (Phi) is 6.22. The van der Waals surface area contributed by atoms with Gasteiger partial charge in [0.1, 0.15) is 0 Å². The molecule has 1 rings (SSSR count). The molecule has 0 spiro atoms. The van der Waals surface area contributed by atoms with Crippen molar-refractivity contribution in [3.63, 3.8) is 0 Å². The maximum Gasteiger partial charge on any atom is 0.308 e. The van der Waals surface area contributed by atoms with Gasteiger partial charge in [-0.3, -0.25) is 9.59 Å². The van der Waals surface area contributed by atoms with Crippen molar-refractivity contribution in [1.82, 2.24) is 4.90 Å². The number of aliphatic carboxylic acids is 1. The zero-order valence-corrected chi connectivity index (χ0v) is 12.4. The molecule has 1 atom stereocenters. The highest BCUT2D eigenvalue weighted by atomic mass is 16.4. The molecular weight excluding hydrogens is 254 g/mol. The summed E-state index contributed by atoms with van der Waals surface area (Å²) in [5.74, 6) is -1.39. The fraction of sp³-hybridized carbons (Fsp3) is 0.500. The minimum atomic E-state index is -0.871. The van der Waals surface area contributed by atoms with Gasteiger partial charge in [-0.1, -0.05) is 36.8 Å². The molecule has 20 heavy (non-hydrogen) atoms. The number of carboxylic acids is 1. The number of aryl methyl sites for hydroxylation is 2. The van der Waals surface area contributed by atoms with E-state index in [1.807, 2.05) is 6.92 Å². The van der Waals surface area contributed by atoms with Gasteiger partial charge in [0.05, 0.1) is 5.92 Å². The van der Waals surface area contributed by atoms with Gasteiger partial charge in [0.25, 0.3) is 0 Å². The van der Waals surface area contributed by atoms with E-state index in [0.29, 0.717) is 6.42 Å². The predicted molar refractivity (Wildman–Crippen MR) is 78.6 cm³/mol. The fourth-order valence-electron chi connectivity index (χ4n) is 1.98. The van der Waals surface area contributed by atoms with Crippen molar-refractivity contribution < 1.29 is 14.7 Å². The third kappa shape index (κ3) is 5.43. The van der Waals surface area contributed by atoms with Gasteiger partial charge < -0.3 is 10.0 Å². The maximum absolute atomic E-state index is 11.9. The molecule has 0 saturated carbocycles. The Morgan fingerprint density at radius 1 is 1.25 bits per heavy atom. The van der Waals surface area contributed by atoms with Crippen molar-refractivity contribution in [2.24, 2.45) is 5.92 Å². The van der Waals surface area contributed by atoms with E-state index >= 15 is 0 Å². The second-order valence-corrected chi connectivity index (χ2v) is 5.35. The number of rotatable bonds is 7. The van der Waals surface area contributed by atoms with Crippen LogP contribution in [0.3, 0.4) is 0 Å². The highest BCUT2D eigenvalue weighted by Crippen LogP contribution is 2.08. The molecule has 1 amide bonds. The lowest BCUT2D eigenvalue weighted by atomic mass is 10.1. The summed E-state index contributed by atoms with van der Waals surface area (Å²) in [5.41, 5.74) is 2.46. The molecule has 0 aliphatic carbocycles. The van der Waals surface area contributed by atoms with Crippen LogP contribution in [-0.4, -0.2) is 35.5 Å². The Morgan fingerprint density at radius 2 is 1.85 bits per heavy atom. The van der Waals surface area contributed by atoms with E-state index < -0.39 is 11.9 Å². The number of nitrogens with zero attached hydrogens (tertiary/aromatic N) is 1. The van der Waals surface area contributed by atoms with Gasteiger partial charge in [-0.05, 0) is 25.3 Å². The molecule has 0 bridgehead atoms. The number of benzene rings is 1. The molecule has 0 radical (unpaired) electrons. The van der Waals surface area contributed by atoms with Gasteiger partial charge in [0.2, 0.25) is 5.91 Å². The first-order valence-electron chi connectivity index (χ1n) is 6.92. The third-order valence-electron chi connectivity index (χ3n) is 3.37. The van der Waals surface area contributed by atoms with E-state index in [1.165, 1.54) is 16.0 Å². The van der Waals surface area contributed by atoms with Gasteiger partial charge in [-0.25, -0.2) is 0 Å². The van der Waals surface area contributed by atoms with E-state index in [9.17, 15) is 9.59 Å². The summed E-state index contributed by atoms with van der Waals surface area (Å²) >= 11 is 0. The van der Waals surface area contributed by atoms with Crippen LogP contribution in [0.5, 0.6) is 0 Å². The zero-order valence-electron chi connectivity index (χ0n) is 12.4. The normalized spacial score (nSPS) is 11.9.